The lowest BCUT2D eigenvalue weighted by atomic mass is 10.1. The molecule has 1 heterocycles. The summed E-state index contributed by atoms with van der Waals surface area (Å²) < 4.78 is 13.4. The fourth-order valence-electron chi connectivity index (χ4n) is 2.81. The Balaban J connectivity index is 1.77. The van der Waals surface area contributed by atoms with Gasteiger partial charge in [-0.3, -0.25) is 0 Å². The van der Waals surface area contributed by atoms with E-state index < -0.39 is 0 Å². The third kappa shape index (κ3) is 4.55. The first-order valence-corrected chi connectivity index (χ1v) is 9.06. The molecule has 1 N–H and O–H groups in total. The van der Waals surface area contributed by atoms with E-state index in [0.29, 0.717) is 24.8 Å². The minimum absolute atomic E-state index is 0.480. The molecule has 1 aromatic heterocycles. The summed E-state index contributed by atoms with van der Waals surface area (Å²) in [7, 11) is 1.65. The van der Waals surface area contributed by atoms with E-state index in [4.69, 9.17) is 9.47 Å². The average molecular weight is 367 g/mol. The number of nitrogens with zero attached hydrogens (tertiary/aromatic N) is 4. The Labute approximate surface area is 159 Å². The second kappa shape index (κ2) is 9.02. The van der Waals surface area contributed by atoms with Gasteiger partial charge in [0.1, 0.15) is 6.61 Å². The number of rotatable bonds is 9. The van der Waals surface area contributed by atoms with E-state index in [1.807, 2.05) is 30.3 Å². The molecule has 0 saturated heterocycles. The summed E-state index contributed by atoms with van der Waals surface area (Å²) in [5.74, 6) is 2.07. The first-order valence-electron chi connectivity index (χ1n) is 9.06. The normalized spacial score (nSPS) is 10.6. The lowest BCUT2D eigenvalue weighted by Gasteiger charge is -2.16. The molecule has 0 fully saturated rings. The monoisotopic (exact) mass is 367 g/mol. The zero-order valence-corrected chi connectivity index (χ0v) is 16.0. The molecule has 142 valence electrons. The molecule has 0 aliphatic rings. The molecular weight excluding hydrogens is 342 g/mol. The van der Waals surface area contributed by atoms with Crippen molar-refractivity contribution in [2.24, 2.45) is 0 Å². The molecule has 3 aromatic rings. The molecule has 0 bridgehead atoms. The molecule has 3 rings (SSSR count). The second-order valence-electron chi connectivity index (χ2n) is 6.24. The van der Waals surface area contributed by atoms with Crippen LogP contribution in [0.2, 0.25) is 0 Å². The minimum Gasteiger partial charge on any atom is -0.493 e. The molecule has 2 aromatic carbocycles. The van der Waals surface area contributed by atoms with E-state index in [1.54, 1.807) is 11.8 Å². The predicted molar refractivity (Wildman–Crippen MR) is 104 cm³/mol. The van der Waals surface area contributed by atoms with Crippen molar-refractivity contribution in [1.82, 2.24) is 20.2 Å². The van der Waals surface area contributed by atoms with Gasteiger partial charge in [-0.05, 0) is 41.0 Å². The fourth-order valence-corrected chi connectivity index (χ4v) is 2.81. The van der Waals surface area contributed by atoms with Gasteiger partial charge in [0.2, 0.25) is 5.95 Å². The van der Waals surface area contributed by atoms with E-state index in [2.05, 4.69) is 46.8 Å². The maximum atomic E-state index is 6.15. The standard InChI is InChI=1S/C20H25N5O2/c1-4-12-25-20(22-23-24-25)21-13-16-10-7-11-18(26-3)19(16)27-14-17-9-6-5-8-15(17)2/h5-11H,4,12-14H2,1-3H3,(H,21,22,24). The Morgan fingerprint density at radius 2 is 1.89 bits per heavy atom. The molecule has 0 aliphatic heterocycles. The van der Waals surface area contributed by atoms with Gasteiger partial charge < -0.3 is 14.8 Å². The van der Waals surface area contributed by atoms with E-state index in [-0.39, 0.29) is 0 Å². The van der Waals surface area contributed by atoms with Crippen molar-refractivity contribution in [2.45, 2.75) is 40.0 Å². The summed E-state index contributed by atoms with van der Waals surface area (Å²) in [4.78, 5) is 0. The SMILES string of the molecule is CCCn1nnnc1NCc1cccc(OC)c1OCc1ccccc1C. The summed E-state index contributed by atoms with van der Waals surface area (Å²) in [5.41, 5.74) is 3.33. The second-order valence-corrected chi connectivity index (χ2v) is 6.24. The number of anilines is 1. The van der Waals surface area contributed by atoms with E-state index >= 15 is 0 Å². The van der Waals surface area contributed by atoms with Crippen LogP contribution in [0.1, 0.15) is 30.0 Å². The number of methoxy groups -OCH3 is 1. The highest BCUT2D eigenvalue weighted by atomic mass is 16.5. The Morgan fingerprint density at radius 1 is 1.07 bits per heavy atom. The number of aromatic nitrogens is 4. The van der Waals surface area contributed by atoms with Gasteiger partial charge in [-0.2, -0.15) is 0 Å². The molecule has 0 aliphatic carbocycles. The number of ether oxygens (including phenoxy) is 2. The summed E-state index contributed by atoms with van der Waals surface area (Å²) in [5, 5.41) is 15.1. The number of hydrogen-bond acceptors (Lipinski definition) is 6. The zero-order valence-electron chi connectivity index (χ0n) is 16.0. The topological polar surface area (TPSA) is 74.1 Å². The van der Waals surface area contributed by atoms with Crippen molar-refractivity contribution in [1.29, 1.82) is 0 Å². The number of nitrogens with one attached hydrogen (secondary N) is 1. The van der Waals surface area contributed by atoms with Gasteiger partial charge in [0.15, 0.2) is 11.5 Å². The van der Waals surface area contributed by atoms with E-state index in [1.165, 1.54) is 5.56 Å². The first-order chi connectivity index (χ1) is 13.2. The molecule has 27 heavy (non-hydrogen) atoms. The molecule has 0 unspecified atom stereocenters. The molecule has 0 atom stereocenters. The quantitative estimate of drug-likeness (QED) is 0.623. The van der Waals surface area contributed by atoms with Crippen LogP contribution in [0.5, 0.6) is 11.5 Å². The fraction of sp³-hybridized carbons (Fsp3) is 0.350. The van der Waals surface area contributed by atoms with Gasteiger partial charge in [-0.25, -0.2) is 4.68 Å². The van der Waals surface area contributed by atoms with Crippen LogP contribution < -0.4 is 14.8 Å². The van der Waals surface area contributed by atoms with Gasteiger partial charge in [0.25, 0.3) is 0 Å². The van der Waals surface area contributed by atoms with Crippen molar-refractivity contribution in [3.8, 4) is 11.5 Å². The maximum absolute atomic E-state index is 6.15. The Kier molecular flexibility index (Phi) is 6.25. The van der Waals surface area contributed by atoms with Gasteiger partial charge in [-0.1, -0.05) is 48.4 Å². The number of hydrogen-bond donors (Lipinski definition) is 1. The lowest BCUT2D eigenvalue weighted by Crippen LogP contribution is -2.10. The summed E-state index contributed by atoms with van der Waals surface area (Å²) in [6.45, 7) is 5.95. The van der Waals surface area contributed by atoms with Crippen LogP contribution in [-0.2, 0) is 19.7 Å². The lowest BCUT2D eigenvalue weighted by molar-refractivity contribution is 0.281. The third-order valence-electron chi connectivity index (χ3n) is 4.32. The van der Waals surface area contributed by atoms with Crippen LogP contribution in [0, 0.1) is 6.92 Å². The van der Waals surface area contributed by atoms with Crippen molar-refractivity contribution in [3.63, 3.8) is 0 Å². The van der Waals surface area contributed by atoms with Gasteiger partial charge >= 0.3 is 0 Å². The largest absolute Gasteiger partial charge is 0.493 e. The number of aryl methyl sites for hydroxylation is 2. The number of benzene rings is 2. The Bertz CT molecular complexity index is 878. The van der Waals surface area contributed by atoms with E-state index in [9.17, 15) is 0 Å². The van der Waals surface area contributed by atoms with E-state index in [0.717, 1.165) is 29.8 Å². The minimum atomic E-state index is 0.480. The van der Waals surface area contributed by atoms with Crippen LogP contribution >= 0.6 is 0 Å². The molecule has 0 amide bonds. The first kappa shape index (κ1) is 18.7. The predicted octanol–water partition coefficient (Wildman–Crippen LogP) is 3.59. The molecule has 0 saturated carbocycles. The third-order valence-corrected chi connectivity index (χ3v) is 4.32. The molecule has 0 radical (unpaired) electrons. The van der Waals surface area contributed by atoms with Crippen LogP contribution in [0.15, 0.2) is 42.5 Å². The molecular formula is C20H25N5O2. The van der Waals surface area contributed by atoms with Crippen LogP contribution in [-0.4, -0.2) is 27.3 Å². The summed E-state index contributed by atoms with van der Waals surface area (Å²) in [6, 6.07) is 14.1. The average Bonchev–Trinajstić information content (AvgIpc) is 3.13. The highest BCUT2D eigenvalue weighted by Gasteiger charge is 2.13. The van der Waals surface area contributed by atoms with Crippen LogP contribution in [0.3, 0.4) is 0 Å². The van der Waals surface area contributed by atoms with Crippen LogP contribution in [0.4, 0.5) is 5.95 Å². The van der Waals surface area contributed by atoms with Crippen LogP contribution in [0.25, 0.3) is 0 Å². The summed E-state index contributed by atoms with van der Waals surface area (Å²) >= 11 is 0. The maximum Gasteiger partial charge on any atom is 0.243 e. The smallest absolute Gasteiger partial charge is 0.243 e. The highest BCUT2D eigenvalue weighted by Crippen LogP contribution is 2.32. The Morgan fingerprint density at radius 3 is 2.67 bits per heavy atom. The van der Waals surface area contributed by atoms with Crippen molar-refractivity contribution < 1.29 is 9.47 Å². The number of tetrazole rings is 1. The summed E-state index contributed by atoms with van der Waals surface area (Å²) in [6.07, 6.45) is 0.962. The Hall–Kier alpha value is -3.09. The molecule has 7 heteroatoms. The molecule has 0 spiro atoms. The highest BCUT2D eigenvalue weighted by molar-refractivity contribution is 5.48. The van der Waals surface area contributed by atoms with Crippen molar-refractivity contribution >= 4 is 5.95 Å². The van der Waals surface area contributed by atoms with Gasteiger partial charge in [-0.15, -0.1) is 0 Å². The van der Waals surface area contributed by atoms with Gasteiger partial charge in [0.05, 0.1) is 7.11 Å². The zero-order chi connectivity index (χ0) is 19.1. The van der Waals surface area contributed by atoms with Crippen molar-refractivity contribution in [3.05, 3.63) is 59.2 Å². The number of para-hydroxylation sites is 1. The van der Waals surface area contributed by atoms with Gasteiger partial charge in [0, 0.05) is 18.7 Å². The van der Waals surface area contributed by atoms with Crippen molar-refractivity contribution in [2.75, 3.05) is 12.4 Å². The molecule has 7 nitrogen and oxygen atoms in total.